The van der Waals surface area contributed by atoms with Crippen molar-refractivity contribution in [3.05, 3.63) is 52.8 Å². The highest BCUT2D eigenvalue weighted by Gasteiger charge is 2.29. The molecular weight excluding hydrogens is 407 g/mol. The van der Waals surface area contributed by atoms with Gasteiger partial charge in [0.05, 0.1) is 10.9 Å². The lowest BCUT2D eigenvalue weighted by Gasteiger charge is -2.29. The zero-order valence-electron chi connectivity index (χ0n) is 15.0. The second kappa shape index (κ2) is 7.87. The lowest BCUT2D eigenvalue weighted by molar-refractivity contribution is 0.174. The maximum absolute atomic E-state index is 14.5. The summed E-state index contributed by atoms with van der Waals surface area (Å²) in [5.74, 6) is 0.454. The van der Waals surface area contributed by atoms with E-state index >= 15 is 0 Å². The third-order valence-corrected chi connectivity index (χ3v) is 6.79. The van der Waals surface area contributed by atoms with E-state index in [1.807, 2.05) is 0 Å². The van der Waals surface area contributed by atoms with Crippen molar-refractivity contribution in [2.24, 2.45) is 0 Å². The molecule has 4 rings (SSSR count). The quantitative estimate of drug-likeness (QED) is 0.767. The van der Waals surface area contributed by atoms with E-state index in [9.17, 15) is 12.8 Å². The van der Waals surface area contributed by atoms with Crippen molar-refractivity contribution >= 4 is 21.6 Å². The van der Waals surface area contributed by atoms with E-state index in [2.05, 4.69) is 9.62 Å². The number of halogens is 2. The SMILES string of the molecule is O=S(=O)(NC[C@@H](c1c(F)cccc1Cl)N1CCCC1)c1ccc2c(c1)OCO2. The lowest BCUT2D eigenvalue weighted by Crippen LogP contribution is -2.37. The molecule has 0 unspecified atom stereocenters. The molecule has 2 aromatic carbocycles. The monoisotopic (exact) mass is 426 g/mol. The maximum atomic E-state index is 14.5. The number of nitrogens with one attached hydrogen (secondary N) is 1. The molecule has 0 aromatic heterocycles. The molecule has 0 aliphatic carbocycles. The van der Waals surface area contributed by atoms with Gasteiger partial charge in [-0.15, -0.1) is 0 Å². The molecule has 1 saturated heterocycles. The van der Waals surface area contributed by atoms with E-state index in [0.29, 0.717) is 22.1 Å². The van der Waals surface area contributed by atoms with Gasteiger partial charge < -0.3 is 9.47 Å². The van der Waals surface area contributed by atoms with Gasteiger partial charge in [-0.25, -0.2) is 17.5 Å². The summed E-state index contributed by atoms with van der Waals surface area (Å²) in [6.07, 6.45) is 1.97. The highest BCUT2D eigenvalue weighted by Crippen LogP contribution is 2.35. The first-order valence-electron chi connectivity index (χ1n) is 9.03. The fraction of sp³-hybridized carbons (Fsp3) is 0.368. The van der Waals surface area contributed by atoms with Crippen LogP contribution in [0.3, 0.4) is 0 Å². The molecular formula is C19H20ClFN2O4S. The Balaban J connectivity index is 1.59. The van der Waals surface area contributed by atoms with Gasteiger partial charge in [-0.05, 0) is 50.2 Å². The van der Waals surface area contributed by atoms with E-state index in [-0.39, 0.29) is 18.2 Å². The number of ether oxygens (including phenoxy) is 2. The van der Waals surface area contributed by atoms with Crippen LogP contribution in [0.2, 0.25) is 5.02 Å². The summed E-state index contributed by atoms with van der Waals surface area (Å²) in [5, 5.41) is 0.291. The zero-order chi connectivity index (χ0) is 19.7. The number of fused-ring (bicyclic) bond motifs is 1. The molecule has 1 atom stereocenters. The molecule has 150 valence electrons. The van der Waals surface area contributed by atoms with E-state index in [1.165, 1.54) is 18.2 Å². The zero-order valence-corrected chi connectivity index (χ0v) is 16.6. The molecule has 2 aliphatic rings. The number of sulfonamides is 1. The molecule has 0 bridgehead atoms. The molecule has 2 heterocycles. The summed E-state index contributed by atoms with van der Waals surface area (Å²) in [5.41, 5.74) is 0.319. The third-order valence-electron chi connectivity index (χ3n) is 5.04. The summed E-state index contributed by atoms with van der Waals surface area (Å²) in [7, 11) is -3.82. The van der Waals surface area contributed by atoms with Crippen molar-refractivity contribution in [3.8, 4) is 11.5 Å². The first-order chi connectivity index (χ1) is 13.5. The van der Waals surface area contributed by atoms with Gasteiger partial charge in [-0.1, -0.05) is 17.7 Å². The van der Waals surface area contributed by atoms with Gasteiger partial charge in [0, 0.05) is 23.2 Å². The van der Waals surface area contributed by atoms with E-state index in [4.69, 9.17) is 21.1 Å². The number of benzene rings is 2. The highest BCUT2D eigenvalue weighted by atomic mass is 35.5. The smallest absolute Gasteiger partial charge is 0.240 e. The molecule has 0 amide bonds. The Morgan fingerprint density at radius 3 is 2.64 bits per heavy atom. The minimum absolute atomic E-state index is 0.0113. The van der Waals surface area contributed by atoms with Crippen LogP contribution in [-0.2, 0) is 10.0 Å². The van der Waals surface area contributed by atoms with Crippen molar-refractivity contribution in [3.63, 3.8) is 0 Å². The molecule has 2 aromatic rings. The molecule has 28 heavy (non-hydrogen) atoms. The average Bonchev–Trinajstić information content (AvgIpc) is 3.34. The lowest BCUT2D eigenvalue weighted by atomic mass is 10.0. The van der Waals surface area contributed by atoms with E-state index in [1.54, 1.807) is 18.2 Å². The highest BCUT2D eigenvalue weighted by molar-refractivity contribution is 7.89. The molecule has 1 N–H and O–H groups in total. The number of hydrogen-bond acceptors (Lipinski definition) is 5. The molecule has 2 aliphatic heterocycles. The summed E-state index contributed by atoms with van der Waals surface area (Å²) < 4.78 is 53.2. The van der Waals surface area contributed by atoms with Crippen molar-refractivity contribution in [1.82, 2.24) is 9.62 Å². The molecule has 0 saturated carbocycles. The first kappa shape index (κ1) is 19.4. The second-order valence-electron chi connectivity index (χ2n) is 6.76. The molecule has 6 nitrogen and oxygen atoms in total. The Hall–Kier alpha value is -1.87. The number of nitrogens with zero attached hydrogens (tertiary/aromatic N) is 1. The van der Waals surface area contributed by atoms with Gasteiger partial charge in [-0.2, -0.15) is 0 Å². The van der Waals surface area contributed by atoms with Crippen molar-refractivity contribution in [1.29, 1.82) is 0 Å². The maximum Gasteiger partial charge on any atom is 0.240 e. The average molecular weight is 427 g/mol. The largest absolute Gasteiger partial charge is 0.454 e. The van der Waals surface area contributed by atoms with Gasteiger partial charge >= 0.3 is 0 Å². The molecule has 9 heteroatoms. The van der Waals surface area contributed by atoms with Crippen LogP contribution in [0.4, 0.5) is 4.39 Å². The Bertz CT molecular complexity index is 960. The van der Waals surface area contributed by atoms with Crippen molar-refractivity contribution in [2.75, 3.05) is 26.4 Å². The van der Waals surface area contributed by atoms with Crippen LogP contribution in [0.5, 0.6) is 11.5 Å². The normalized spacial score (nSPS) is 17.8. The Morgan fingerprint density at radius 1 is 1.14 bits per heavy atom. The van der Waals surface area contributed by atoms with E-state index in [0.717, 1.165) is 25.9 Å². The topological polar surface area (TPSA) is 67.9 Å². The van der Waals surface area contributed by atoms with Gasteiger partial charge in [0.15, 0.2) is 11.5 Å². The van der Waals surface area contributed by atoms with Crippen molar-refractivity contribution < 1.29 is 22.3 Å². The Kier molecular flexibility index (Phi) is 5.46. The van der Waals surface area contributed by atoms with Gasteiger partial charge in [-0.3, -0.25) is 4.90 Å². The summed E-state index contributed by atoms with van der Waals surface area (Å²) in [4.78, 5) is 2.13. The predicted octanol–water partition coefficient (Wildman–Crippen LogP) is 3.32. The second-order valence-corrected chi connectivity index (χ2v) is 8.94. The summed E-state index contributed by atoms with van der Waals surface area (Å²) >= 11 is 6.26. The predicted molar refractivity (Wildman–Crippen MR) is 103 cm³/mol. The standard InChI is InChI=1S/C19H20ClFN2O4S/c20-14-4-3-5-15(21)19(14)16(23-8-1-2-9-23)11-22-28(24,25)13-6-7-17-18(10-13)27-12-26-17/h3-7,10,16,22H,1-2,8-9,11-12H2/t16-/m0/s1. The van der Waals surface area contributed by atoms with E-state index < -0.39 is 21.9 Å². The molecule has 0 spiro atoms. The van der Waals surface area contributed by atoms with Gasteiger partial charge in [0.2, 0.25) is 16.8 Å². The fourth-order valence-corrected chi connectivity index (χ4v) is 4.95. The number of likely N-dealkylation sites (tertiary alicyclic amines) is 1. The van der Waals surface area contributed by atoms with Crippen LogP contribution in [0.15, 0.2) is 41.3 Å². The van der Waals surface area contributed by atoms with Crippen molar-refractivity contribution in [2.45, 2.75) is 23.8 Å². The third kappa shape index (κ3) is 3.82. The Labute approximate surface area is 168 Å². The van der Waals surface area contributed by atoms with Crippen LogP contribution in [0.25, 0.3) is 0 Å². The molecule has 0 radical (unpaired) electrons. The number of hydrogen-bond donors (Lipinski definition) is 1. The van der Waals surface area contributed by atoms with Gasteiger partial charge in [0.25, 0.3) is 0 Å². The Morgan fingerprint density at radius 2 is 1.89 bits per heavy atom. The minimum Gasteiger partial charge on any atom is -0.454 e. The summed E-state index contributed by atoms with van der Waals surface area (Å²) in [6.45, 7) is 1.61. The summed E-state index contributed by atoms with van der Waals surface area (Å²) in [6, 6.07) is 8.45. The van der Waals surface area contributed by atoms with Crippen LogP contribution >= 0.6 is 11.6 Å². The first-order valence-corrected chi connectivity index (χ1v) is 10.9. The van der Waals surface area contributed by atoms with Crippen LogP contribution in [0, 0.1) is 5.82 Å². The fourth-order valence-electron chi connectivity index (χ4n) is 3.61. The van der Waals surface area contributed by atoms with Crippen LogP contribution < -0.4 is 14.2 Å². The van der Waals surface area contributed by atoms with Gasteiger partial charge in [0.1, 0.15) is 5.82 Å². The molecule has 1 fully saturated rings. The minimum atomic E-state index is -3.82. The van der Waals surface area contributed by atoms with Crippen LogP contribution in [0.1, 0.15) is 24.4 Å². The van der Waals surface area contributed by atoms with Crippen LogP contribution in [-0.4, -0.2) is 39.7 Å². The number of rotatable bonds is 6.